The van der Waals surface area contributed by atoms with Gasteiger partial charge in [-0.1, -0.05) is 23.7 Å². The van der Waals surface area contributed by atoms with Crippen LogP contribution in [0.25, 0.3) is 0 Å². The summed E-state index contributed by atoms with van der Waals surface area (Å²) in [6.45, 7) is 2.12. The van der Waals surface area contributed by atoms with Crippen molar-refractivity contribution < 1.29 is 4.79 Å². The average Bonchev–Trinajstić information content (AvgIpc) is 2.85. The Bertz CT molecular complexity index is 552. The van der Waals surface area contributed by atoms with Crippen LogP contribution in [0.15, 0.2) is 36.4 Å². The van der Waals surface area contributed by atoms with Gasteiger partial charge in [0, 0.05) is 12.1 Å². The monoisotopic (exact) mass is 279 g/mol. The van der Waals surface area contributed by atoms with Crippen molar-refractivity contribution in [3.63, 3.8) is 0 Å². The molecule has 0 amide bonds. The molecule has 4 heteroatoms. The molecule has 2 aromatic rings. The van der Waals surface area contributed by atoms with Crippen molar-refractivity contribution in [3.8, 4) is 0 Å². The Morgan fingerprint density at radius 3 is 2.72 bits per heavy atom. The molecule has 0 saturated carbocycles. The molecule has 0 bridgehead atoms. The van der Waals surface area contributed by atoms with Gasteiger partial charge in [-0.3, -0.25) is 4.79 Å². The van der Waals surface area contributed by atoms with Crippen LogP contribution in [0, 0.1) is 0 Å². The van der Waals surface area contributed by atoms with Crippen LogP contribution in [-0.4, -0.2) is 13.3 Å². The lowest BCUT2D eigenvalue weighted by molar-refractivity contribution is 0.112. The quantitative estimate of drug-likeness (QED) is 0.773. The molecule has 2 rings (SSSR count). The minimum atomic E-state index is 0.210. The minimum absolute atomic E-state index is 0.210. The van der Waals surface area contributed by atoms with Crippen molar-refractivity contribution >= 4 is 34.2 Å². The van der Waals surface area contributed by atoms with Crippen molar-refractivity contribution in [1.29, 1.82) is 0 Å². The molecule has 1 unspecified atom stereocenters. The zero-order chi connectivity index (χ0) is 13.1. The standard InChI is InChI=1S/C14H14ClNOS/c1-10(11-4-3-5-12(15)8-11)16(2)14-7-6-13(9-17)18-14/h3-10H,1-2H3. The van der Waals surface area contributed by atoms with Gasteiger partial charge in [0.15, 0.2) is 6.29 Å². The van der Waals surface area contributed by atoms with Crippen molar-refractivity contribution in [3.05, 3.63) is 51.9 Å². The molecule has 0 saturated heterocycles. The Balaban J connectivity index is 2.22. The molecule has 1 aromatic heterocycles. The largest absolute Gasteiger partial charge is 0.360 e. The summed E-state index contributed by atoms with van der Waals surface area (Å²) in [6.07, 6.45) is 0.881. The lowest BCUT2D eigenvalue weighted by Gasteiger charge is -2.25. The molecule has 0 aliphatic heterocycles. The Morgan fingerprint density at radius 2 is 2.11 bits per heavy atom. The van der Waals surface area contributed by atoms with Gasteiger partial charge in [-0.2, -0.15) is 0 Å². The molecule has 1 atom stereocenters. The first-order chi connectivity index (χ1) is 8.61. The van der Waals surface area contributed by atoms with Crippen molar-refractivity contribution in [2.45, 2.75) is 13.0 Å². The predicted molar refractivity (Wildman–Crippen MR) is 78.0 cm³/mol. The number of hydrogen-bond donors (Lipinski definition) is 0. The topological polar surface area (TPSA) is 20.3 Å². The summed E-state index contributed by atoms with van der Waals surface area (Å²) in [7, 11) is 2.02. The number of benzene rings is 1. The molecular weight excluding hydrogens is 266 g/mol. The summed E-state index contributed by atoms with van der Waals surface area (Å²) in [4.78, 5) is 13.6. The summed E-state index contributed by atoms with van der Waals surface area (Å²) >= 11 is 7.50. The van der Waals surface area contributed by atoms with Crippen LogP contribution in [0.1, 0.15) is 28.2 Å². The van der Waals surface area contributed by atoms with E-state index in [1.165, 1.54) is 11.3 Å². The van der Waals surface area contributed by atoms with Gasteiger partial charge in [-0.15, -0.1) is 11.3 Å². The molecule has 0 N–H and O–H groups in total. The van der Waals surface area contributed by atoms with E-state index in [1.54, 1.807) is 0 Å². The molecule has 1 aromatic carbocycles. The summed E-state index contributed by atoms with van der Waals surface area (Å²) in [5.41, 5.74) is 1.16. The van der Waals surface area contributed by atoms with Gasteiger partial charge in [-0.25, -0.2) is 0 Å². The molecule has 1 heterocycles. The van der Waals surface area contributed by atoms with Gasteiger partial charge in [-0.05, 0) is 36.8 Å². The second-order valence-electron chi connectivity index (χ2n) is 4.14. The third-order valence-electron chi connectivity index (χ3n) is 2.99. The Morgan fingerprint density at radius 1 is 1.33 bits per heavy atom. The van der Waals surface area contributed by atoms with Crippen LogP contribution < -0.4 is 4.90 Å². The van der Waals surface area contributed by atoms with Crippen LogP contribution in [0.2, 0.25) is 5.02 Å². The first-order valence-electron chi connectivity index (χ1n) is 5.65. The fraction of sp³-hybridized carbons (Fsp3) is 0.214. The molecule has 94 valence electrons. The molecule has 0 aliphatic rings. The summed E-state index contributed by atoms with van der Waals surface area (Å²) < 4.78 is 0. The lowest BCUT2D eigenvalue weighted by atomic mass is 10.1. The second-order valence-corrected chi connectivity index (χ2v) is 5.67. The van der Waals surface area contributed by atoms with Gasteiger partial charge < -0.3 is 4.90 Å². The second kappa shape index (κ2) is 5.55. The molecule has 0 fully saturated rings. The number of rotatable bonds is 4. The lowest BCUT2D eigenvalue weighted by Crippen LogP contribution is -2.20. The Labute approximate surface area is 116 Å². The Kier molecular flexibility index (Phi) is 4.04. The fourth-order valence-electron chi connectivity index (χ4n) is 1.78. The highest BCUT2D eigenvalue weighted by atomic mass is 35.5. The number of aldehydes is 1. The summed E-state index contributed by atoms with van der Waals surface area (Å²) in [5, 5.41) is 1.82. The number of thiophene rings is 1. The maximum Gasteiger partial charge on any atom is 0.160 e. The summed E-state index contributed by atoms with van der Waals surface area (Å²) in [6, 6.07) is 11.9. The first-order valence-corrected chi connectivity index (χ1v) is 6.84. The van der Waals surface area contributed by atoms with Crippen LogP contribution in [0.3, 0.4) is 0 Å². The van der Waals surface area contributed by atoms with E-state index in [2.05, 4.69) is 17.9 Å². The first kappa shape index (κ1) is 13.1. The highest BCUT2D eigenvalue weighted by Gasteiger charge is 2.14. The average molecular weight is 280 g/mol. The Hall–Kier alpha value is -1.32. The van der Waals surface area contributed by atoms with E-state index in [1.807, 2.05) is 37.4 Å². The fourth-order valence-corrected chi connectivity index (χ4v) is 2.84. The highest BCUT2D eigenvalue weighted by molar-refractivity contribution is 7.17. The number of halogens is 1. The number of nitrogens with zero attached hydrogens (tertiary/aromatic N) is 1. The van der Waals surface area contributed by atoms with Gasteiger partial charge in [0.2, 0.25) is 0 Å². The molecule has 0 spiro atoms. The number of carbonyl (C=O) groups is 1. The van der Waals surface area contributed by atoms with E-state index in [0.717, 1.165) is 26.8 Å². The number of anilines is 1. The number of hydrogen-bond acceptors (Lipinski definition) is 3. The molecule has 2 nitrogen and oxygen atoms in total. The molecule has 0 radical (unpaired) electrons. The summed E-state index contributed by atoms with van der Waals surface area (Å²) in [5.74, 6) is 0. The minimum Gasteiger partial charge on any atom is -0.360 e. The van der Waals surface area contributed by atoms with Crippen LogP contribution in [-0.2, 0) is 0 Å². The predicted octanol–water partition coefficient (Wildman–Crippen LogP) is 4.41. The van der Waals surface area contributed by atoms with E-state index >= 15 is 0 Å². The van der Waals surface area contributed by atoms with Crippen molar-refractivity contribution in [1.82, 2.24) is 0 Å². The van der Waals surface area contributed by atoms with Gasteiger partial charge in [0.1, 0.15) is 0 Å². The SMILES string of the molecule is CC(c1cccc(Cl)c1)N(C)c1ccc(C=O)s1. The smallest absolute Gasteiger partial charge is 0.160 e. The van der Waals surface area contributed by atoms with Crippen LogP contribution >= 0.6 is 22.9 Å². The molecule has 18 heavy (non-hydrogen) atoms. The van der Waals surface area contributed by atoms with Crippen LogP contribution in [0.4, 0.5) is 5.00 Å². The van der Waals surface area contributed by atoms with E-state index in [0.29, 0.717) is 0 Å². The third-order valence-corrected chi connectivity index (χ3v) is 4.32. The maximum absolute atomic E-state index is 10.7. The highest BCUT2D eigenvalue weighted by Crippen LogP contribution is 2.31. The van der Waals surface area contributed by atoms with E-state index in [4.69, 9.17) is 11.6 Å². The zero-order valence-electron chi connectivity index (χ0n) is 10.3. The van der Waals surface area contributed by atoms with Crippen molar-refractivity contribution in [2.75, 3.05) is 11.9 Å². The van der Waals surface area contributed by atoms with E-state index < -0.39 is 0 Å². The van der Waals surface area contributed by atoms with E-state index in [-0.39, 0.29) is 6.04 Å². The van der Waals surface area contributed by atoms with Crippen molar-refractivity contribution in [2.24, 2.45) is 0 Å². The van der Waals surface area contributed by atoms with Gasteiger partial charge in [0.25, 0.3) is 0 Å². The maximum atomic E-state index is 10.7. The third kappa shape index (κ3) is 2.74. The molecular formula is C14H14ClNOS. The van der Waals surface area contributed by atoms with Gasteiger partial charge in [0.05, 0.1) is 15.9 Å². The van der Waals surface area contributed by atoms with Gasteiger partial charge >= 0.3 is 0 Å². The van der Waals surface area contributed by atoms with E-state index in [9.17, 15) is 4.79 Å². The molecule has 0 aliphatic carbocycles. The van der Waals surface area contributed by atoms with Crippen LogP contribution in [0.5, 0.6) is 0 Å². The normalized spacial score (nSPS) is 12.2. The zero-order valence-corrected chi connectivity index (χ0v) is 11.8. The number of carbonyl (C=O) groups excluding carboxylic acids is 1.